The fourth-order valence-electron chi connectivity index (χ4n) is 0.370. The van der Waals surface area contributed by atoms with Gasteiger partial charge in [-0.15, -0.1) is 0 Å². The molecule has 0 spiro atoms. The third kappa shape index (κ3) is 12.3. The Morgan fingerprint density at radius 1 is 1.44 bits per heavy atom. The van der Waals surface area contributed by atoms with Gasteiger partial charge in [0.2, 0.25) is 0 Å². The van der Waals surface area contributed by atoms with Crippen LogP contribution in [0.25, 0.3) is 0 Å². The van der Waals surface area contributed by atoms with Crippen molar-refractivity contribution in [1.82, 2.24) is 0 Å². The number of carboxylic acid groups (broad SMARTS) is 1. The SMILES string of the molecule is CS(C)(C)CC(=O)O.[CaH2]. The maximum atomic E-state index is 10.0. The first-order valence-electron chi connectivity index (χ1n) is 2.29. The van der Waals surface area contributed by atoms with Gasteiger partial charge in [0.05, 0.1) is 5.75 Å². The van der Waals surface area contributed by atoms with Crippen molar-refractivity contribution in [2.24, 2.45) is 0 Å². The molecule has 0 aliphatic heterocycles. The zero-order chi connectivity index (χ0) is 6.78. The third-order valence-corrected chi connectivity index (χ3v) is 1.67. The van der Waals surface area contributed by atoms with Gasteiger partial charge in [-0.25, -0.2) is 10.0 Å². The summed E-state index contributed by atoms with van der Waals surface area (Å²) >= 11 is 0. The van der Waals surface area contributed by atoms with E-state index in [0.717, 1.165) is 0 Å². The van der Waals surface area contributed by atoms with Crippen molar-refractivity contribution in [3.05, 3.63) is 0 Å². The van der Waals surface area contributed by atoms with Crippen molar-refractivity contribution >= 4 is 53.7 Å². The summed E-state index contributed by atoms with van der Waals surface area (Å²) in [5.41, 5.74) is 0. The molecule has 0 amide bonds. The van der Waals surface area contributed by atoms with Gasteiger partial charge in [-0.3, -0.25) is 4.79 Å². The Hall–Kier alpha value is 1.08. The van der Waals surface area contributed by atoms with Gasteiger partial charge in [0, 0.05) is 0 Å². The molecule has 0 aliphatic rings. The Morgan fingerprint density at radius 3 is 1.78 bits per heavy atom. The molecule has 0 aliphatic carbocycles. The van der Waals surface area contributed by atoms with Crippen molar-refractivity contribution in [3.8, 4) is 0 Å². The van der Waals surface area contributed by atoms with E-state index < -0.39 is 16.0 Å². The number of carbonyl (C=O) groups is 1. The first-order valence-corrected chi connectivity index (χ1v) is 5.32. The molecule has 0 rings (SSSR count). The average Bonchev–Trinajstić information content (AvgIpc) is 1.21. The van der Waals surface area contributed by atoms with E-state index in [0.29, 0.717) is 5.75 Å². The average molecular weight is 178 g/mol. The number of hydrogen-bond donors (Lipinski definition) is 1. The van der Waals surface area contributed by atoms with Crippen molar-refractivity contribution < 1.29 is 9.90 Å². The summed E-state index contributed by atoms with van der Waals surface area (Å²) in [6.45, 7) is 0. The molecule has 0 heterocycles. The molecule has 0 aromatic carbocycles. The van der Waals surface area contributed by atoms with E-state index in [1.54, 1.807) is 0 Å². The Bertz CT molecular complexity index is 97.6. The van der Waals surface area contributed by atoms with E-state index in [9.17, 15) is 4.79 Å². The number of hydrogen-bond acceptors (Lipinski definition) is 1. The summed E-state index contributed by atoms with van der Waals surface area (Å²) in [4.78, 5) is 10.0. The van der Waals surface area contributed by atoms with Gasteiger partial charge >= 0.3 is 43.7 Å². The molecule has 9 heavy (non-hydrogen) atoms. The van der Waals surface area contributed by atoms with Crippen LogP contribution in [-0.4, -0.2) is 73.3 Å². The Labute approximate surface area is 87.3 Å². The van der Waals surface area contributed by atoms with Gasteiger partial charge in [-0.2, -0.15) is 0 Å². The molecule has 0 atom stereocenters. The van der Waals surface area contributed by atoms with Crippen molar-refractivity contribution in [2.75, 3.05) is 24.5 Å². The predicted octanol–water partition coefficient (Wildman–Crippen LogP) is -0.151. The van der Waals surface area contributed by atoms with E-state index in [-0.39, 0.29) is 37.7 Å². The summed E-state index contributed by atoms with van der Waals surface area (Å²) in [7, 11) is -0.823. The van der Waals surface area contributed by atoms with E-state index in [2.05, 4.69) is 0 Å². The van der Waals surface area contributed by atoms with Crippen molar-refractivity contribution in [3.63, 3.8) is 0 Å². The van der Waals surface area contributed by atoms with Gasteiger partial charge in [0.1, 0.15) is 0 Å². The summed E-state index contributed by atoms with van der Waals surface area (Å²) in [5, 5.41) is 8.27. The van der Waals surface area contributed by atoms with E-state index in [1.165, 1.54) is 0 Å². The molecule has 0 saturated heterocycles. The van der Waals surface area contributed by atoms with Crippen LogP contribution in [0.3, 0.4) is 0 Å². The van der Waals surface area contributed by atoms with Crippen LogP contribution in [0.5, 0.6) is 0 Å². The molecule has 1 N–H and O–H groups in total. The van der Waals surface area contributed by atoms with Crippen molar-refractivity contribution in [1.29, 1.82) is 0 Å². The summed E-state index contributed by atoms with van der Waals surface area (Å²) in [6, 6.07) is 0. The molecule has 0 fully saturated rings. The van der Waals surface area contributed by atoms with Gasteiger partial charge < -0.3 is 5.11 Å². The Balaban J connectivity index is 0. The van der Waals surface area contributed by atoms with Gasteiger partial charge in [0.25, 0.3) is 0 Å². The van der Waals surface area contributed by atoms with Crippen LogP contribution in [0, 0.1) is 0 Å². The maximum absolute atomic E-state index is 10.0. The number of rotatable bonds is 2. The molecule has 54 valence electrons. The molecular formula is C5H14CaO2S. The Morgan fingerprint density at radius 2 is 1.78 bits per heavy atom. The number of carboxylic acids is 1. The van der Waals surface area contributed by atoms with Crippen LogP contribution >= 0.6 is 10.0 Å². The summed E-state index contributed by atoms with van der Waals surface area (Å²) < 4.78 is 0. The van der Waals surface area contributed by atoms with Gasteiger partial charge in [-0.05, 0) is 18.8 Å². The first-order chi connectivity index (χ1) is 3.42. The molecule has 2 nitrogen and oxygen atoms in total. The third-order valence-electron chi connectivity index (χ3n) is 0.556. The van der Waals surface area contributed by atoms with Crippen LogP contribution in [0.4, 0.5) is 0 Å². The molecular weight excluding hydrogens is 164 g/mol. The standard InChI is InChI=1S/C5H12O2S.Ca.2H/c1-8(2,3)4-5(6)7;;;/h4H2,1-3H3,(H,6,7);;;. The van der Waals surface area contributed by atoms with Crippen LogP contribution in [-0.2, 0) is 4.79 Å². The fourth-order valence-corrected chi connectivity index (χ4v) is 1.11. The van der Waals surface area contributed by atoms with E-state index in [4.69, 9.17) is 5.11 Å². The minimum absolute atomic E-state index is 0. The molecule has 4 heteroatoms. The second-order valence-electron chi connectivity index (χ2n) is 2.63. The monoisotopic (exact) mass is 178 g/mol. The second kappa shape index (κ2) is 4.83. The zero-order valence-corrected chi connectivity index (χ0v) is 6.29. The number of aliphatic carboxylic acids is 1. The van der Waals surface area contributed by atoms with E-state index >= 15 is 0 Å². The first kappa shape index (κ1) is 12.7. The van der Waals surface area contributed by atoms with Crippen LogP contribution in [0.15, 0.2) is 0 Å². The topological polar surface area (TPSA) is 37.3 Å². The Kier molecular flexibility index (Phi) is 6.83. The summed E-state index contributed by atoms with van der Waals surface area (Å²) in [6.07, 6.45) is 5.96. The van der Waals surface area contributed by atoms with Gasteiger partial charge in [0.15, 0.2) is 0 Å². The molecule has 0 bridgehead atoms. The molecule has 0 unspecified atom stereocenters. The van der Waals surface area contributed by atoms with Crippen LogP contribution in [0.2, 0.25) is 0 Å². The molecule has 0 saturated carbocycles. The molecule has 0 aromatic rings. The molecule has 0 aromatic heterocycles. The van der Waals surface area contributed by atoms with Gasteiger partial charge in [-0.1, -0.05) is 0 Å². The second-order valence-corrected chi connectivity index (χ2v) is 7.10. The minimum atomic E-state index is -0.823. The quantitative estimate of drug-likeness (QED) is 0.597. The van der Waals surface area contributed by atoms with Crippen molar-refractivity contribution in [2.45, 2.75) is 0 Å². The molecule has 0 radical (unpaired) electrons. The zero-order valence-electron chi connectivity index (χ0n) is 5.47. The van der Waals surface area contributed by atoms with Crippen LogP contribution in [0.1, 0.15) is 0 Å². The summed E-state index contributed by atoms with van der Waals surface area (Å²) in [5.74, 6) is -0.361. The predicted molar refractivity (Wildman–Crippen MR) is 46.4 cm³/mol. The normalized spacial score (nSPS) is 11.9. The van der Waals surface area contributed by atoms with E-state index in [1.807, 2.05) is 18.8 Å². The van der Waals surface area contributed by atoms with Crippen LogP contribution < -0.4 is 0 Å². The fraction of sp³-hybridized carbons (Fsp3) is 0.800.